The molecule has 0 aromatic carbocycles. The molecule has 0 amide bonds. The van der Waals surface area contributed by atoms with E-state index in [1.165, 1.54) is 0 Å². The molecular weight excluding hydrogens is 152 g/mol. The minimum absolute atomic E-state index is 0.197. The van der Waals surface area contributed by atoms with Crippen molar-refractivity contribution in [3.63, 3.8) is 0 Å². The van der Waals surface area contributed by atoms with E-state index in [0.717, 1.165) is 12.1 Å². The molecule has 1 aromatic rings. The topological polar surface area (TPSA) is 38.0 Å². The number of aliphatic hydroxyl groups excluding tert-OH is 1. The fourth-order valence-corrected chi connectivity index (χ4v) is 0.881. The Kier molecular flexibility index (Phi) is 2.69. The zero-order valence-corrected chi connectivity index (χ0v) is 6.90. The predicted octanol–water partition coefficient (Wildman–Crippen LogP) is 1.99. The summed E-state index contributed by atoms with van der Waals surface area (Å²) >= 11 is 0. The molecule has 0 spiro atoms. The predicted molar refractivity (Wildman–Crippen MR) is 48.7 cm³/mol. The average Bonchev–Trinajstić information content (AvgIpc) is 2.48. The first kappa shape index (κ1) is 8.59. The van der Waals surface area contributed by atoms with E-state index in [1.807, 2.05) is 6.20 Å². The molecule has 0 fully saturated rings. The van der Waals surface area contributed by atoms with Gasteiger partial charge in [0.05, 0.1) is 17.8 Å². The molecule has 3 heteroatoms. The molecule has 0 aliphatic heterocycles. The molecule has 1 rings (SSSR count). The van der Waals surface area contributed by atoms with Crippen molar-refractivity contribution in [2.45, 2.75) is 12.8 Å². The van der Waals surface area contributed by atoms with E-state index in [-0.39, 0.29) is 5.76 Å². The highest BCUT2D eigenvalue weighted by Crippen LogP contribution is 2.03. The smallest absolute Gasteiger partial charge is 0.0990 e. The number of allylic oxidation sites excluding steroid dienone is 1. The zero-order valence-electron chi connectivity index (χ0n) is 6.90. The molecule has 1 N–H and O–H groups in total. The third-order valence-electron chi connectivity index (χ3n) is 1.54. The van der Waals surface area contributed by atoms with Crippen molar-refractivity contribution in [2.24, 2.45) is 0 Å². The van der Waals surface area contributed by atoms with Gasteiger partial charge in [-0.05, 0) is 6.42 Å². The molecule has 0 unspecified atom stereocenters. The summed E-state index contributed by atoms with van der Waals surface area (Å²) in [5, 5.41) is 8.83. The van der Waals surface area contributed by atoms with E-state index in [4.69, 9.17) is 5.11 Å². The molecule has 0 aliphatic rings. The highest BCUT2D eigenvalue weighted by atomic mass is 16.3. The molecule has 1 heterocycles. The fourth-order valence-electron chi connectivity index (χ4n) is 0.881. The summed E-state index contributed by atoms with van der Waals surface area (Å²) < 4.78 is 1.77. The summed E-state index contributed by atoms with van der Waals surface area (Å²) in [4.78, 5) is 4.10. The highest BCUT2D eigenvalue weighted by Gasteiger charge is 1.97. The Labute approximate surface area is 71.7 Å². The standard InChI is InChI=1S/C9H12N2O/c1-3-11-6-9(10-7-11)5-4-8(2)12/h3,6-7,12H,1-2,4-5H2. The van der Waals surface area contributed by atoms with Gasteiger partial charge < -0.3 is 9.67 Å². The third kappa shape index (κ3) is 2.27. The van der Waals surface area contributed by atoms with Crippen molar-refractivity contribution >= 4 is 6.20 Å². The fraction of sp³-hybridized carbons (Fsp3) is 0.222. The summed E-state index contributed by atoms with van der Waals surface area (Å²) in [5.74, 6) is 0.197. The van der Waals surface area contributed by atoms with Crippen molar-refractivity contribution < 1.29 is 5.11 Å². The van der Waals surface area contributed by atoms with Crippen LogP contribution in [0.5, 0.6) is 0 Å². The van der Waals surface area contributed by atoms with Crippen LogP contribution in [0.15, 0.2) is 31.4 Å². The van der Waals surface area contributed by atoms with Gasteiger partial charge in [-0.25, -0.2) is 4.98 Å². The number of aryl methyl sites for hydroxylation is 1. The minimum Gasteiger partial charge on any atom is -0.513 e. The lowest BCUT2D eigenvalue weighted by Crippen LogP contribution is -1.86. The summed E-state index contributed by atoms with van der Waals surface area (Å²) in [6, 6.07) is 0. The molecule has 0 bridgehead atoms. The van der Waals surface area contributed by atoms with Gasteiger partial charge in [0.2, 0.25) is 0 Å². The van der Waals surface area contributed by atoms with Gasteiger partial charge in [0, 0.05) is 18.8 Å². The number of imidazole rings is 1. The van der Waals surface area contributed by atoms with Gasteiger partial charge in [0.1, 0.15) is 0 Å². The molecule has 3 nitrogen and oxygen atoms in total. The van der Waals surface area contributed by atoms with Crippen LogP contribution in [-0.4, -0.2) is 14.7 Å². The van der Waals surface area contributed by atoms with E-state index in [9.17, 15) is 0 Å². The number of nitrogens with zero attached hydrogens (tertiary/aromatic N) is 2. The number of hydrogen-bond donors (Lipinski definition) is 1. The average molecular weight is 164 g/mol. The number of aromatic nitrogens is 2. The van der Waals surface area contributed by atoms with Crippen LogP contribution < -0.4 is 0 Å². The first-order valence-corrected chi connectivity index (χ1v) is 3.74. The lowest BCUT2D eigenvalue weighted by molar-refractivity contribution is 0.391. The first-order chi connectivity index (χ1) is 5.72. The summed E-state index contributed by atoms with van der Waals surface area (Å²) in [6.45, 7) is 6.99. The molecule has 0 radical (unpaired) electrons. The van der Waals surface area contributed by atoms with E-state index in [0.29, 0.717) is 6.42 Å². The molecule has 0 atom stereocenters. The Hall–Kier alpha value is -1.51. The number of rotatable bonds is 4. The van der Waals surface area contributed by atoms with Crippen molar-refractivity contribution in [3.05, 3.63) is 37.1 Å². The van der Waals surface area contributed by atoms with Gasteiger partial charge in [-0.1, -0.05) is 13.2 Å². The summed E-state index contributed by atoms with van der Waals surface area (Å²) in [5.41, 5.74) is 0.935. The number of aliphatic hydroxyl groups is 1. The Morgan fingerprint density at radius 3 is 3.00 bits per heavy atom. The van der Waals surface area contributed by atoms with Crippen LogP contribution in [0.3, 0.4) is 0 Å². The van der Waals surface area contributed by atoms with Crippen LogP contribution in [0.1, 0.15) is 12.1 Å². The van der Waals surface area contributed by atoms with Crippen LogP contribution in [0.2, 0.25) is 0 Å². The van der Waals surface area contributed by atoms with E-state index in [1.54, 1.807) is 17.1 Å². The van der Waals surface area contributed by atoms with Gasteiger partial charge in [0.15, 0.2) is 0 Å². The zero-order chi connectivity index (χ0) is 8.97. The van der Waals surface area contributed by atoms with Gasteiger partial charge in [-0.3, -0.25) is 0 Å². The van der Waals surface area contributed by atoms with Crippen LogP contribution >= 0.6 is 0 Å². The minimum atomic E-state index is 0.197. The van der Waals surface area contributed by atoms with Crippen LogP contribution in [-0.2, 0) is 6.42 Å². The van der Waals surface area contributed by atoms with Gasteiger partial charge >= 0.3 is 0 Å². The molecular formula is C9H12N2O. The summed E-state index contributed by atoms with van der Waals surface area (Å²) in [6.07, 6.45) is 6.51. The summed E-state index contributed by atoms with van der Waals surface area (Å²) in [7, 11) is 0. The highest BCUT2D eigenvalue weighted by molar-refractivity contribution is 5.17. The maximum atomic E-state index is 8.83. The molecule has 64 valence electrons. The normalized spacial score (nSPS) is 9.67. The molecule has 0 saturated carbocycles. The first-order valence-electron chi connectivity index (χ1n) is 3.74. The Balaban J connectivity index is 2.52. The number of hydrogen-bond acceptors (Lipinski definition) is 2. The van der Waals surface area contributed by atoms with E-state index in [2.05, 4.69) is 18.1 Å². The van der Waals surface area contributed by atoms with Crippen molar-refractivity contribution in [2.75, 3.05) is 0 Å². The largest absolute Gasteiger partial charge is 0.513 e. The van der Waals surface area contributed by atoms with E-state index < -0.39 is 0 Å². The van der Waals surface area contributed by atoms with Crippen LogP contribution in [0.25, 0.3) is 6.20 Å². The Morgan fingerprint density at radius 1 is 1.75 bits per heavy atom. The lowest BCUT2D eigenvalue weighted by atomic mass is 10.2. The Morgan fingerprint density at radius 2 is 2.50 bits per heavy atom. The maximum absolute atomic E-state index is 8.83. The van der Waals surface area contributed by atoms with Crippen molar-refractivity contribution in [1.82, 2.24) is 9.55 Å². The lowest BCUT2D eigenvalue weighted by Gasteiger charge is -1.93. The van der Waals surface area contributed by atoms with Gasteiger partial charge in [0.25, 0.3) is 0 Å². The van der Waals surface area contributed by atoms with Gasteiger partial charge in [-0.2, -0.15) is 0 Å². The Bertz CT molecular complexity index is 288. The second-order valence-corrected chi connectivity index (χ2v) is 2.56. The van der Waals surface area contributed by atoms with Crippen molar-refractivity contribution in [3.8, 4) is 0 Å². The van der Waals surface area contributed by atoms with E-state index >= 15 is 0 Å². The third-order valence-corrected chi connectivity index (χ3v) is 1.54. The van der Waals surface area contributed by atoms with Crippen LogP contribution in [0.4, 0.5) is 0 Å². The SMILES string of the molecule is C=Cn1cnc(CCC(=C)O)c1. The van der Waals surface area contributed by atoms with Crippen molar-refractivity contribution in [1.29, 1.82) is 0 Å². The second kappa shape index (κ2) is 3.76. The molecule has 0 saturated heterocycles. The second-order valence-electron chi connectivity index (χ2n) is 2.56. The molecule has 1 aromatic heterocycles. The molecule has 12 heavy (non-hydrogen) atoms. The monoisotopic (exact) mass is 164 g/mol. The molecule has 0 aliphatic carbocycles. The van der Waals surface area contributed by atoms with Crippen LogP contribution in [0, 0.1) is 0 Å². The van der Waals surface area contributed by atoms with Gasteiger partial charge in [-0.15, -0.1) is 0 Å². The quantitative estimate of drug-likeness (QED) is 0.691. The maximum Gasteiger partial charge on any atom is 0.0990 e.